The van der Waals surface area contributed by atoms with Gasteiger partial charge < -0.3 is 9.80 Å². The first kappa shape index (κ1) is 17.4. The number of nitrogens with zero attached hydrogens (tertiary/aromatic N) is 3. The minimum absolute atomic E-state index is 0.00503. The van der Waals surface area contributed by atoms with Gasteiger partial charge in [-0.1, -0.05) is 27.3 Å². The molecule has 0 bridgehead atoms. The topological polar surface area (TPSA) is 36.4 Å². The molecule has 0 aliphatic carbocycles. The number of aromatic nitrogens is 1. The molecule has 3 aromatic rings. The van der Waals surface area contributed by atoms with Gasteiger partial charge in [0.25, 0.3) is 5.91 Å². The van der Waals surface area contributed by atoms with Crippen LogP contribution in [0.15, 0.2) is 40.9 Å². The third-order valence-corrected chi connectivity index (χ3v) is 5.92. The van der Waals surface area contributed by atoms with Crippen molar-refractivity contribution in [3.05, 3.63) is 58.1 Å². The number of hydrogen-bond acceptors (Lipinski definition) is 4. The van der Waals surface area contributed by atoms with Gasteiger partial charge in [-0.15, -0.1) is 0 Å². The van der Waals surface area contributed by atoms with Gasteiger partial charge in [0.2, 0.25) is 0 Å². The molecular weight excluding hydrogens is 424 g/mol. The largest absolute Gasteiger partial charge is 0.345 e. The van der Waals surface area contributed by atoms with Crippen molar-refractivity contribution in [2.45, 2.75) is 0 Å². The molecule has 4 rings (SSSR count). The molecule has 0 spiro atoms. The highest BCUT2D eigenvalue weighted by Gasteiger charge is 2.24. The third-order valence-electron chi connectivity index (χ3n) is 4.33. The Bertz CT molecular complexity index is 968. The van der Waals surface area contributed by atoms with E-state index in [2.05, 4.69) is 20.9 Å². The predicted octanol–water partition coefficient (Wildman–Crippen LogP) is 4.30. The van der Waals surface area contributed by atoms with E-state index in [0.717, 1.165) is 10.5 Å². The monoisotopic (exact) mass is 437 g/mol. The third kappa shape index (κ3) is 3.31. The first-order valence-corrected chi connectivity index (χ1v) is 9.67. The molecule has 26 heavy (non-hydrogen) atoms. The van der Waals surface area contributed by atoms with Gasteiger partial charge in [-0.25, -0.2) is 13.8 Å². The van der Waals surface area contributed by atoms with Crippen LogP contribution in [0.3, 0.4) is 0 Å². The highest BCUT2D eigenvalue weighted by molar-refractivity contribution is 9.10. The highest BCUT2D eigenvalue weighted by atomic mass is 79.9. The lowest BCUT2D eigenvalue weighted by Gasteiger charge is -2.34. The smallest absolute Gasteiger partial charge is 0.253 e. The standard InChI is InChI=1S/C18H14BrF2N3OS/c19-12-3-1-11(2-4-12)17(25)23-5-7-24(8-6-23)18-22-16-14(21)9-13(20)10-15(16)26-18/h1-4,9-10H,5-8H2. The van der Waals surface area contributed by atoms with E-state index in [4.69, 9.17) is 0 Å². The van der Waals surface area contributed by atoms with E-state index in [-0.39, 0.29) is 11.4 Å². The first-order valence-electron chi connectivity index (χ1n) is 8.06. The van der Waals surface area contributed by atoms with Gasteiger partial charge in [0.1, 0.15) is 11.3 Å². The van der Waals surface area contributed by atoms with Crippen LogP contribution in [0.2, 0.25) is 0 Å². The van der Waals surface area contributed by atoms with Crippen LogP contribution in [0, 0.1) is 11.6 Å². The minimum atomic E-state index is -0.647. The molecule has 8 heteroatoms. The van der Waals surface area contributed by atoms with Crippen LogP contribution in [0.4, 0.5) is 13.9 Å². The molecule has 0 N–H and O–H groups in total. The fourth-order valence-corrected chi connectivity index (χ4v) is 4.28. The molecule has 134 valence electrons. The van der Waals surface area contributed by atoms with Crippen LogP contribution < -0.4 is 4.90 Å². The summed E-state index contributed by atoms with van der Waals surface area (Å²) >= 11 is 4.63. The van der Waals surface area contributed by atoms with Crippen LogP contribution in [0.25, 0.3) is 10.2 Å². The Morgan fingerprint density at radius 2 is 1.77 bits per heavy atom. The van der Waals surface area contributed by atoms with Gasteiger partial charge in [-0.05, 0) is 30.3 Å². The van der Waals surface area contributed by atoms with Crippen molar-refractivity contribution < 1.29 is 13.6 Å². The Morgan fingerprint density at radius 3 is 2.46 bits per heavy atom. The quantitative estimate of drug-likeness (QED) is 0.599. The number of rotatable bonds is 2. The molecule has 0 unspecified atom stereocenters. The van der Waals surface area contributed by atoms with Gasteiger partial charge in [0.05, 0.1) is 4.70 Å². The molecule has 0 atom stereocenters. The molecule has 2 heterocycles. The van der Waals surface area contributed by atoms with E-state index in [0.29, 0.717) is 41.6 Å². The Labute approximate surface area is 161 Å². The van der Waals surface area contributed by atoms with Crippen molar-refractivity contribution in [2.75, 3.05) is 31.1 Å². The van der Waals surface area contributed by atoms with Crippen LogP contribution in [0.5, 0.6) is 0 Å². The molecule has 4 nitrogen and oxygen atoms in total. The Hall–Kier alpha value is -2.06. The van der Waals surface area contributed by atoms with E-state index < -0.39 is 11.6 Å². The molecule has 0 saturated carbocycles. The van der Waals surface area contributed by atoms with Gasteiger partial charge in [-0.3, -0.25) is 4.79 Å². The molecular formula is C18H14BrF2N3OS. The van der Waals surface area contributed by atoms with E-state index in [1.807, 2.05) is 17.0 Å². The Balaban J connectivity index is 1.47. The zero-order valence-electron chi connectivity index (χ0n) is 13.6. The van der Waals surface area contributed by atoms with Crippen molar-refractivity contribution in [1.82, 2.24) is 9.88 Å². The summed E-state index contributed by atoms with van der Waals surface area (Å²) in [6, 6.07) is 9.43. The van der Waals surface area contributed by atoms with E-state index >= 15 is 0 Å². The summed E-state index contributed by atoms with van der Waals surface area (Å²) in [5, 5.41) is 0.653. The normalized spacial score (nSPS) is 14.9. The number of thiazole rings is 1. The molecule has 0 radical (unpaired) electrons. The van der Waals surface area contributed by atoms with Crippen molar-refractivity contribution in [3.63, 3.8) is 0 Å². The van der Waals surface area contributed by atoms with Gasteiger partial charge in [0, 0.05) is 42.3 Å². The van der Waals surface area contributed by atoms with Gasteiger partial charge in [-0.2, -0.15) is 0 Å². The van der Waals surface area contributed by atoms with Crippen molar-refractivity contribution in [1.29, 1.82) is 0 Å². The lowest BCUT2D eigenvalue weighted by atomic mass is 10.2. The number of carbonyl (C=O) groups is 1. The van der Waals surface area contributed by atoms with E-state index in [1.165, 1.54) is 17.4 Å². The Morgan fingerprint density at radius 1 is 1.08 bits per heavy atom. The van der Waals surface area contributed by atoms with Crippen LogP contribution in [0.1, 0.15) is 10.4 Å². The number of anilines is 1. The highest BCUT2D eigenvalue weighted by Crippen LogP contribution is 2.31. The fraction of sp³-hybridized carbons (Fsp3) is 0.222. The average Bonchev–Trinajstić information content (AvgIpc) is 3.06. The van der Waals surface area contributed by atoms with Crippen molar-refractivity contribution in [2.24, 2.45) is 0 Å². The molecule has 1 aromatic heterocycles. The second-order valence-corrected chi connectivity index (χ2v) is 7.94. The number of amides is 1. The Kier molecular flexibility index (Phi) is 4.62. The summed E-state index contributed by atoms with van der Waals surface area (Å²) in [6.45, 7) is 2.32. The van der Waals surface area contributed by atoms with E-state index in [9.17, 15) is 13.6 Å². The minimum Gasteiger partial charge on any atom is -0.345 e. The SMILES string of the molecule is O=C(c1ccc(Br)cc1)N1CCN(c2nc3c(F)cc(F)cc3s2)CC1. The van der Waals surface area contributed by atoms with Crippen LogP contribution in [-0.2, 0) is 0 Å². The number of fused-ring (bicyclic) bond motifs is 1. The maximum absolute atomic E-state index is 13.8. The summed E-state index contributed by atoms with van der Waals surface area (Å²) in [5.74, 6) is -1.25. The van der Waals surface area contributed by atoms with Gasteiger partial charge >= 0.3 is 0 Å². The number of piperazine rings is 1. The number of benzene rings is 2. The fourth-order valence-electron chi connectivity index (χ4n) is 2.96. The maximum atomic E-state index is 13.8. The lowest BCUT2D eigenvalue weighted by molar-refractivity contribution is 0.0747. The number of halogens is 3. The van der Waals surface area contributed by atoms with Crippen LogP contribution >= 0.6 is 27.3 Å². The second-order valence-electron chi connectivity index (χ2n) is 6.02. The predicted molar refractivity (Wildman–Crippen MR) is 102 cm³/mol. The van der Waals surface area contributed by atoms with Crippen molar-refractivity contribution in [3.8, 4) is 0 Å². The molecule has 1 aliphatic rings. The van der Waals surface area contributed by atoms with E-state index in [1.54, 1.807) is 17.0 Å². The summed E-state index contributed by atoms with van der Waals surface area (Å²) in [7, 11) is 0. The second kappa shape index (κ2) is 6.92. The molecule has 1 fully saturated rings. The zero-order chi connectivity index (χ0) is 18.3. The number of carbonyl (C=O) groups excluding carboxylic acids is 1. The van der Waals surface area contributed by atoms with Crippen LogP contribution in [-0.4, -0.2) is 42.0 Å². The molecule has 2 aromatic carbocycles. The van der Waals surface area contributed by atoms with Gasteiger partial charge in [0.15, 0.2) is 10.9 Å². The summed E-state index contributed by atoms with van der Waals surface area (Å²) in [6.07, 6.45) is 0. The summed E-state index contributed by atoms with van der Waals surface area (Å²) in [4.78, 5) is 20.7. The maximum Gasteiger partial charge on any atom is 0.253 e. The molecule has 1 aliphatic heterocycles. The zero-order valence-corrected chi connectivity index (χ0v) is 16.0. The summed E-state index contributed by atoms with van der Waals surface area (Å²) in [5.41, 5.74) is 0.846. The van der Waals surface area contributed by atoms with Crippen molar-refractivity contribution >= 4 is 48.5 Å². The molecule has 1 saturated heterocycles. The lowest BCUT2D eigenvalue weighted by Crippen LogP contribution is -2.48. The average molecular weight is 438 g/mol. The summed E-state index contributed by atoms with van der Waals surface area (Å²) < 4.78 is 28.6. The molecule has 1 amide bonds. The number of hydrogen-bond donors (Lipinski definition) is 0. The first-order chi connectivity index (χ1) is 12.5.